The summed E-state index contributed by atoms with van der Waals surface area (Å²) in [5.74, 6) is 0.313. The van der Waals surface area contributed by atoms with Crippen molar-refractivity contribution < 1.29 is 9.00 Å². The highest BCUT2D eigenvalue weighted by Crippen LogP contribution is 2.12. The average Bonchev–Trinajstić information content (AvgIpc) is 2.30. The van der Waals surface area contributed by atoms with Gasteiger partial charge in [-0.25, -0.2) is 5.43 Å². The second kappa shape index (κ2) is 6.24. The Balaban J connectivity index is 2.92. The monoisotopic (exact) mass is 253 g/mol. The van der Waals surface area contributed by atoms with E-state index in [1.807, 2.05) is 13.8 Å². The molecule has 5 nitrogen and oxygen atoms in total. The van der Waals surface area contributed by atoms with E-state index < -0.39 is 10.8 Å². The molecule has 0 spiro atoms. The van der Waals surface area contributed by atoms with Gasteiger partial charge in [0.1, 0.15) is 0 Å². The van der Waals surface area contributed by atoms with Crippen LogP contribution in [0.3, 0.4) is 0 Å². The minimum atomic E-state index is -1.04. The molecule has 1 aromatic heterocycles. The SMILES string of the molecule is CCS(=O)c1cc(/C=N/NC(C)=O)cnc1C. The number of aromatic nitrogens is 1. The first-order valence-electron chi connectivity index (χ1n) is 5.19. The van der Waals surface area contributed by atoms with E-state index in [9.17, 15) is 9.00 Å². The van der Waals surface area contributed by atoms with E-state index >= 15 is 0 Å². The van der Waals surface area contributed by atoms with Crippen LogP contribution in [0.2, 0.25) is 0 Å². The van der Waals surface area contributed by atoms with Gasteiger partial charge < -0.3 is 0 Å². The number of nitrogens with one attached hydrogen (secondary N) is 1. The Kier molecular flexibility index (Phi) is 4.96. The van der Waals surface area contributed by atoms with Gasteiger partial charge in [-0.05, 0) is 13.0 Å². The number of hydrogen-bond donors (Lipinski definition) is 1. The summed E-state index contributed by atoms with van der Waals surface area (Å²) in [4.78, 5) is 15.5. The predicted octanol–water partition coefficient (Wildman–Crippen LogP) is 0.988. The Labute approximate surface area is 103 Å². The van der Waals surface area contributed by atoms with E-state index in [-0.39, 0.29) is 5.91 Å². The van der Waals surface area contributed by atoms with Crippen molar-refractivity contribution in [2.45, 2.75) is 25.7 Å². The molecule has 1 rings (SSSR count). The molecule has 1 amide bonds. The third kappa shape index (κ3) is 4.07. The molecule has 0 fully saturated rings. The third-order valence-corrected chi connectivity index (χ3v) is 3.43. The Morgan fingerprint density at radius 2 is 2.35 bits per heavy atom. The van der Waals surface area contributed by atoms with E-state index in [0.29, 0.717) is 16.2 Å². The summed E-state index contributed by atoms with van der Waals surface area (Å²) in [6.45, 7) is 5.05. The zero-order valence-electron chi connectivity index (χ0n) is 10.1. The van der Waals surface area contributed by atoms with Gasteiger partial charge in [-0.1, -0.05) is 6.92 Å². The van der Waals surface area contributed by atoms with Crippen LogP contribution in [-0.4, -0.2) is 27.1 Å². The molecule has 1 atom stereocenters. The zero-order valence-corrected chi connectivity index (χ0v) is 10.9. The molecule has 1 N–H and O–H groups in total. The predicted molar refractivity (Wildman–Crippen MR) is 67.3 cm³/mol. The van der Waals surface area contributed by atoms with Crippen LogP contribution < -0.4 is 5.43 Å². The molecule has 0 aromatic carbocycles. The second-order valence-electron chi connectivity index (χ2n) is 3.41. The Morgan fingerprint density at radius 3 is 2.94 bits per heavy atom. The molecule has 1 aromatic rings. The largest absolute Gasteiger partial charge is 0.274 e. The summed E-state index contributed by atoms with van der Waals surface area (Å²) in [6, 6.07) is 1.77. The molecule has 0 aliphatic rings. The Bertz CT molecular complexity index is 472. The maximum Gasteiger partial charge on any atom is 0.236 e. The third-order valence-electron chi connectivity index (χ3n) is 2.00. The lowest BCUT2D eigenvalue weighted by Crippen LogP contribution is -2.12. The van der Waals surface area contributed by atoms with Crippen LogP contribution in [0.25, 0.3) is 0 Å². The van der Waals surface area contributed by atoms with Crippen molar-refractivity contribution in [2.24, 2.45) is 5.10 Å². The van der Waals surface area contributed by atoms with E-state index in [4.69, 9.17) is 0 Å². The lowest BCUT2D eigenvalue weighted by atomic mass is 10.3. The van der Waals surface area contributed by atoms with Crippen LogP contribution in [-0.2, 0) is 15.6 Å². The highest BCUT2D eigenvalue weighted by Gasteiger charge is 2.06. The van der Waals surface area contributed by atoms with Gasteiger partial charge in [-0.15, -0.1) is 0 Å². The second-order valence-corrected chi connectivity index (χ2v) is 5.12. The number of aryl methyl sites for hydroxylation is 1. The molecule has 0 saturated carbocycles. The first-order chi connectivity index (χ1) is 8.04. The van der Waals surface area contributed by atoms with E-state index in [0.717, 1.165) is 5.69 Å². The highest BCUT2D eigenvalue weighted by atomic mass is 32.2. The molecule has 17 heavy (non-hydrogen) atoms. The molecule has 0 bridgehead atoms. The van der Waals surface area contributed by atoms with Gasteiger partial charge in [0.15, 0.2) is 0 Å². The quantitative estimate of drug-likeness (QED) is 0.642. The van der Waals surface area contributed by atoms with Crippen LogP contribution in [0, 0.1) is 6.92 Å². The highest BCUT2D eigenvalue weighted by molar-refractivity contribution is 7.85. The summed E-state index contributed by atoms with van der Waals surface area (Å²) >= 11 is 0. The van der Waals surface area contributed by atoms with Crippen LogP contribution in [0.4, 0.5) is 0 Å². The molecular formula is C11H15N3O2S. The van der Waals surface area contributed by atoms with Crippen molar-refractivity contribution in [1.82, 2.24) is 10.4 Å². The molecule has 1 unspecified atom stereocenters. The fourth-order valence-electron chi connectivity index (χ4n) is 1.18. The van der Waals surface area contributed by atoms with Crippen LogP contribution in [0.15, 0.2) is 22.3 Å². The summed E-state index contributed by atoms with van der Waals surface area (Å²) in [6.07, 6.45) is 3.10. The van der Waals surface area contributed by atoms with Gasteiger partial charge in [0, 0.05) is 24.4 Å². The number of hydrazone groups is 1. The first kappa shape index (κ1) is 13.5. The minimum Gasteiger partial charge on any atom is -0.274 e. The van der Waals surface area contributed by atoms with Crippen molar-refractivity contribution in [3.63, 3.8) is 0 Å². The Morgan fingerprint density at radius 1 is 1.65 bits per heavy atom. The van der Waals surface area contributed by atoms with Crippen LogP contribution >= 0.6 is 0 Å². The van der Waals surface area contributed by atoms with Gasteiger partial charge in [-0.2, -0.15) is 5.10 Å². The lowest BCUT2D eigenvalue weighted by Gasteiger charge is -2.04. The van der Waals surface area contributed by atoms with Crippen molar-refractivity contribution in [3.8, 4) is 0 Å². The van der Waals surface area contributed by atoms with Crippen molar-refractivity contribution in [2.75, 3.05) is 5.75 Å². The number of pyridine rings is 1. The topological polar surface area (TPSA) is 71.4 Å². The van der Waals surface area contributed by atoms with Crippen molar-refractivity contribution in [3.05, 3.63) is 23.5 Å². The van der Waals surface area contributed by atoms with E-state index in [1.165, 1.54) is 13.1 Å². The fourth-order valence-corrected chi connectivity index (χ4v) is 2.14. The van der Waals surface area contributed by atoms with E-state index in [1.54, 1.807) is 12.3 Å². The van der Waals surface area contributed by atoms with Crippen LogP contribution in [0.5, 0.6) is 0 Å². The van der Waals surface area contributed by atoms with Crippen molar-refractivity contribution >= 4 is 22.9 Å². The molecule has 0 radical (unpaired) electrons. The summed E-state index contributed by atoms with van der Waals surface area (Å²) in [5.41, 5.74) is 3.76. The number of hydrogen-bond acceptors (Lipinski definition) is 4. The van der Waals surface area contributed by atoms with Gasteiger partial charge in [0.25, 0.3) is 0 Å². The Hall–Kier alpha value is -1.56. The van der Waals surface area contributed by atoms with Gasteiger partial charge in [0.2, 0.25) is 5.91 Å². The molecule has 0 saturated heterocycles. The number of carbonyl (C=O) groups is 1. The molecule has 6 heteroatoms. The first-order valence-corrected chi connectivity index (χ1v) is 6.51. The molecule has 1 heterocycles. The normalized spacial score (nSPS) is 12.6. The fraction of sp³-hybridized carbons (Fsp3) is 0.364. The average molecular weight is 253 g/mol. The standard InChI is InChI=1S/C11H15N3O2S/c1-4-17(16)11-5-10(6-12-8(11)2)7-13-14-9(3)15/h5-7H,4H2,1-3H3,(H,14,15)/b13-7+. The van der Waals surface area contributed by atoms with Gasteiger partial charge in [-0.3, -0.25) is 14.0 Å². The zero-order chi connectivity index (χ0) is 12.8. The summed E-state index contributed by atoms with van der Waals surface area (Å²) in [5, 5.41) is 3.73. The molecule has 0 aliphatic heterocycles. The van der Waals surface area contributed by atoms with Gasteiger partial charge in [0.05, 0.1) is 27.6 Å². The van der Waals surface area contributed by atoms with Crippen LogP contribution in [0.1, 0.15) is 25.1 Å². The lowest BCUT2D eigenvalue weighted by molar-refractivity contribution is -0.118. The van der Waals surface area contributed by atoms with E-state index in [2.05, 4.69) is 15.5 Å². The maximum absolute atomic E-state index is 11.7. The number of rotatable bonds is 4. The van der Waals surface area contributed by atoms with Crippen molar-refractivity contribution in [1.29, 1.82) is 0 Å². The van der Waals surface area contributed by atoms with Gasteiger partial charge >= 0.3 is 0 Å². The summed E-state index contributed by atoms with van der Waals surface area (Å²) < 4.78 is 11.7. The molecule has 0 aliphatic carbocycles. The molecule has 92 valence electrons. The molecular weight excluding hydrogens is 238 g/mol. The number of carbonyl (C=O) groups excluding carboxylic acids is 1. The minimum absolute atomic E-state index is 0.237. The number of amides is 1. The summed E-state index contributed by atoms with van der Waals surface area (Å²) in [7, 11) is -1.04. The number of nitrogens with zero attached hydrogens (tertiary/aromatic N) is 2. The smallest absolute Gasteiger partial charge is 0.236 e. The maximum atomic E-state index is 11.7.